The Bertz CT molecular complexity index is 1040. The number of amides is 2. The summed E-state index contributed by atoms with van der Waals surface area (Å²) in [6, 6.07) is 10.3. The lowest BCUT2D eigenvalue weighted by atomic mass is 10.1. The van der Waals surface area contributed by atoms with Crippen molar-refractivity contribution in [1.82, 2.24) is 0 Å². The average molecular weight is 443 g/mol. The zero-order valence-corrected chi connectivity index (χ0v) is 17.4. The molecule has 1 saturated heterocycles. The lowest BCUT2D eigenvalue weighted by Gasteiger charge is -2.16. The van der Waals surface area contributed by atoms with Crippen LogP contribution in [0.25, 0.3) is 0 Å². The lowest BCUT2D eigenvalue weighted by molar-refractivity contribution is -0.384. The van der Waals surface area contributed by atoms with E-state index in [1.807, 2.05) is 0 Å². The van der Waals surface area contributed by atoms with Crippen LogP contribution in [-0.4, -0.2) is 50.1 Å². The molecule has 0 aliphatic carbocycles. The highest BCUT2D eigenvalue weighted by Gasteiger charge is 2.36. The predicted octanol–water partition coefficient (Wildman–Crippen LogP) is 2.15. The number of benzene rings is 2. The minimum Gasteiger partial charge on any atom is -0.497 e. The smallest absolute Gasteiger partial charge is 0.311 e. The van der Waals surface area contributed by atoms with Crippen molar-refractivity contribution in [3.8, 4) is 11.5 Å². The fourth-order valence-electron chi connectivity index (χ4n) is 3.21. The Kier molecular flexibility index (Phi) is 6.88. The first kappa shape index (κ1) is 22.5. The molecule has 0 bridgehead atoms. The Morgan fingerprint density at radius 3 is 2.50 bits per heavy atom. The summed E-state index contributed by atoms with van der Waals surface area (Å²) in [6.45, 7) is -0.473. The van der Waals surface area contributed by atoms with Crippen LogP contribution in [0, 0.1) is 16.0 Å². The van der Waals surface area contributed by atoms with E-state index in [1.54, 1.807) is 18.2 Å². The summed E-state index contributed by atoms with van der Waals surface area (Å²) in [4.78, 5) is 48.4. The maximum Gasteiger partial charge on any atom is 0.311 e. The summed E-state index contributed by atoms with van der Waals surface area (Å²) in [6.07, 6.45) is -0.0796. The van der Waals surface area contributed by atoms with E-state index in [4.69, 9.17) is 14.2 Å². The first-order valence-corrected chi connectivity index (χ1v) is 9.55. The molecule has 11 heteroatoms. The first-order chi connectivity index (χ1) is 15.3. The second kappa shape index (κ2) is 9.77. The van der Waals surface area contributed by atoms with E-state index < -0.39 is 29.3 Å². The second-order valence-electron chi connectivity index (χ2n) is 6.90. The molecule has 0 unspecified atom stereocenters. The molecule has 168 valence electrons. The summed E-state index contributed by atoms with van der Waals surface area (Å²) < 4.78 is 15.4. The first-order valence-electron chi connectivity index (χ1n) is 9.55. The van der Waals surface area contributed by atoms with Gasteiger partial charge in [0.05, 0.1) is 30.7 Å². The molecule has 32 heavy (non-hydrogen) atoms. The van der Waals surface area contributed by atoms with Gasteiger partial charge in [0.2, 0.25) is 5.91 Å². The van der Waals surface area contributed by atoms with Crippen LogP contribution in [0.5, 0.6) is 11.5 Å². The van der Waals surface area contributed by atoms with Crippen LogP contribution in [-0.2, 0) is 19.1 Å². The van der Waals surface area contributed by atoms with Crippen molar-refractivity contribution >= 4 is 34.8 Å². The van der Waals surface area contributed by atoms with Crippen molar-refractivity contribution in [3.05, 3.63) is 52.6 Å². The van der Waals surface area contributed by atoms with E-state index in [0.717, 1.165) is 0 Å². The number of rotatable bonds is 8. The number of esters is 1. The Labute approximate surface area is 183 Å². The summed E-state index contributed by atoms with van der Waals surface area (Å²) in [5, 5.41) is 13.4. The van der Waals surface area contributed by atoms with Crippen LogP contribution in [0.2, 0.25) is 0 Å². The quantitative estimate of drug-likeness (QED) is 0.372. The van der Waals surface area contributed by atoms with Crippen LogP contribution >= 0.6 is 0 Å². The van der Waals surface area contributed by atoms with Gasteiger partial charge in [-0.3, -0.25) is 24.5 Å². The van der Waals surface area contributed by atoms with Gasteiger partial charge in [-0.1, -0.05) is 0 Å². The highest BCUT2D eigenvalue weighted by molar-refractivity contribution is 6.00. The van der Waals surface area contributed by atoms with Crippen molar-refractivity contribution in [2.75, 3.05) is 37.6 Å². The largest absolute Gasteiger partial charge is 0.497 e. The van der Waals surface area contributed by atoms with Gasteiger partial charge in [-0.15, -0.1) is 0 Å². The van der Waals surface area contributed by atoms with Gasteiger partial charge in [-0.25, -0.2) is 0 Å². The third-order valence-electron chi connectivity index (χ3n) is 4.86. The third-order valence-corrected chi connectivity index (χ3v) is 4.86. The number of methoxy groups -OCH3 is 2. The molecule has 1 N–H and O–H groups in total. The van der Waals surface area contributed by atoms with Gasteiger partial charge < -0.3 is 24.4 Å². The molecule has 0 aromatic heterocycles. The minimum atomic E-state index is -0.749. The van der Waals surface area contributed by atoms with Crippen molar-refractivity contribution < 1.29 is 33.5 Å². The molecule has 1 heterocycles. The molecule has 0 radical (unpaired) electrons. The van der Waals surface area contributed by atoms with Crippen LogP contribution in [0.15, 0.2) is 42.5 Å². The summed E-state index contributed by atoms with van der Waals surface area (Å²) in [5.41, 5.74) is 0.728. The summed E-state index contributed by atoms with van der Waals surface area (Å²) >= 11 is 0. The van der Waals surface area contributed by atoms with Crippen LogP contribution in [0.3, 0.4) is 0 Å². The van der Waals surface area contributed by atoms with Crippen molar-refractivity contribution in [2.24, 2.45) is 5.92 Å². The summed E-state index contributed by atoms with van der Waals surface area (Å²) in [5.74, 6) is -1.38. The Balaban J connectivity index is 1.54. The third kappa shape index (κ3) is 5.12. The van der Waals surface area contributed by atoms with Crippen LogP contribution in [0.4, 0.5) is 17.1 Å². The summed E-state index contributed by atoms with van der Waals surface area (Å²) in [7, 11) is 2.95. The van der Waals surface area contributed by atoms with Crippen molar-refractivity contribution in [2.45, 2.75) is 6.42 Å². The molecule has 1 atom stereocenters. The average Bonchev–Trinajstić information content (AvgIpc) is 3.19. The van der Waals surface area contributed by atoms with E-state index in [0.29, 0.717) is 22.9 Å². The van der Waals surface area contributed by atoms with E-state index in [9.17, 15) is 24.5 Å². The molecule has 1 fully saturated rings. The van der Waals surface area contributed by atoms with Gasteiger partial charge in [0.25, 0.3) is 11.6 Å². The number of nitrogens with one attached hydrogen (secondary N) is 1. The Morgan fingerprint density at radius 2 is 1.88 bits per heavy atom. The Morgan fingerprint density at radius 1 is 1.16 bits per heavy atom. The van der Waals surface area contributed by atoms with Gasteiger partial charge >= 0.3 is 5.97 Å². The predicted molar refractivity (Wildman–Crippen MR) is 113 cm³/mol. The molecule has 11 nitrogen and oxygen atoms in total. The normalized spacial score (nSPS) is 15.2. The molecular weight excluding hydrogens is 422 g/mol. The molecule has 0 saturated carbocycles. The maximum atomic E-state index is 12.4. The highest BCUT2D eigenvalue weighted by Crippen LogP contribution is 2.29. The second-order valence-corrected chi connectivity index (χ2v) is 6.90. The maximum absolute atomic E-state index is 12.4. The zero-order valence-electron chi connectivity index (χ0n) is 17.4. The van der Waals surface area contributed by atoms with Gasteiger partial charge in [0.1, 0.15) is 11.5 Å². The number of non-ortho nitro benzene ring substituents is 1. The molecular formula is C21H21N3O8. The number of anilines is 2. The minimum absolute atomic E-state index is 0.0589. The van der Waals surface area contributed by atoms with Crippen LogP contribution < -0.4 is 19.7 Å². The van der Waals surface area contributed by atoms with Gasteiger partial charge in [0, 0.05) is 36.9 Å². The number of hydrogen-bond donors (Lipinski definition) is 1. The fourth-order valence-corrected chi connectivity index (χ4v) is 3.21. The Hall–Kier alpha value is -4.15. The molecule has 2 aromatic carbocycles. The van der Waals surface area contributed by atoms with E-state index >= 15 is 0 Å². The molecule has 0 spiro atoms. The topological polar surface area (TPSA) is 137 Å². The standard InChI is InChI=1S/C21H21N3O8/c1-30-16-7-8-17(18(10-16)31-2)22-19(25)12-32-21(27)13-9-20(26)23(11-13)14-3-5-15(6-4-14)24(28)29/h3-8,10,13H,9,11-12H2,1-2H3,(H,22,25)/t13-/m0/s1. The SMILES string of the molecule is COc1ccc(NC(=O)COC(=O)[C@H]2CC(=O)N(c3ccc([N+](=O)[O-])cc3)C2)c(OC)c1. The molecule has 1 aliphatic heterocycles. The van der Waals surface area contributed by atoms with Crippen LogP contribution in [0.1, 0.15) is 6.42 Å². The highest BCUT2D eigenvalue weighted by atomic mass is 16.6. The lowest BCUT2D eigenvalue weighted by Crippen LogP contribution is -2.28. The fraction of sp³-hybridized carbons (Fsp3) is 0.286. The number of nitrogens with zero attached hydrogens (tertiary/aromatic N) is 2. The number of ether oxygens (including phenoxy) is 3. The number of nitro groups is 1. The number of carbonyl (C=O) groups excluding carboxylic acids is 3. The number of hydrogen-bond acceptors (Lipinski definition) is 8. The molecule has 2 amide bonds. The van der Waals surface area contributed by atoms with E-state index in [2.05, 4.69) is 5.32 Å². The molecule has 1 aliphatic rings. The van der Waals surface area contributed by atoms with Gasteiger partial charge in [0.15, 0.2) is 6.61 Å². The molecule has 2 aromatic rings. The van der Waals surface area contributed by atoms with Gasteiger partial charge in [-0.05, 0) is 24.3 Å². The van der Waals surface area contributed by atoms with Crippen molar-refractivity contribution in [1.29, 1.82) is 0 Å². The zero-order chi connectivity index (χ0) is 23.3. The van der Waals surface area contributed by atoms with E-state index in [1.165, 1.54) is 43.4 Å². The van der Waals surface area contributed by atoms with E-state index in [-0.39, 0.29) is 24.6 Å². The molecule has 3 rings (SSSR count). The van der Waals surface area contributed by atoms with Gasteiger partial charge in [-0.2, -0.15) is 0 Å². The number of nitro benzene ring substituents is 1. The number of carbonyl (C=O) groups is 3. The monoisotopic (exact) mass is 443 g/mol. The van der Waals surface area contributed by atoms with Crippen molar-refractivity contribution in [3.63, 3.8) is 0 Å².